The maximum absolute atomic E-state index is 10.1. The average Bonchev–Trinajstić information content (AvgIpc) is 2.23. The van der Waals surface area contributed by atoms with E-state index in [1.807, 2.05) is 27.7 Å². The van der Waals surface area contributed by atoms with Gasteiger partial charge in [-0.3, -0.25) is 0 Å². The summed E-state index contributed by atoms with van der Waals surface area (Å²) in [5.41, 5.74) is -0.302. The second-order valence-electron chi connectivity index (χ2n) is 5.58. The molecule has 0 aromatic carbocycles. The van der Waals surface area contributed by atoms with Gasteiger partial charge in [-0.05, 0) is 52.9 Å². The summed E-state index contributed by atoms with van der Waals surface area (Å²) in [6.07, 6.45) is 1.42. The molecule has 0 fully saturated rings. The molecule has 0 amide bonds. The van der Waals surface area contributed by atoms with Crippen molar-refractivity contribution in [3.8, 4) is 0 Å². The Hall–Kier alpha value is -0.810. The predicted molar refractivity (Wildman–Crippen MR) is 68.4 cm³/mol. The van der Waals surface area contributed by atoms with Gasteiger partial charge in [0.25, 0.3) is 0 Å². The van der Waals surface area contributed by atoms with Gasteiger partial charge in [-0.15, -0.1) is 0 Å². The van der Waals surface area contributed by atoms with Crippen LogP contribution in [0.3, 0.4) is 0 Å². The summed E-state index contributed by atoms with van der Waals surface area (Å²) in [6, 6.07) is 0. The molecule has 5 heteroatoms. The lowest BCUT2D eigenvalue weighted by molar-refractivity contribution is -0.376. The van der Waals surface area contributed by atoms with E-state index in [0.717, 1.165) is 19.3 Å². The molecule has 2 unspecified atom stereocenters. The van der Waals surface area contributed by atoms with Gasteiger partial charge in [-0.2, -0.15) is 0 Å². The summed E-state index contributed by atoms with van der Waals surface area (Å²) in [7, 11) is 0. The van der Waals surface area contributed by atoms with Gasteiger partial charge in [0.15, 0.2) is 0 Å². The first-order valence-corrected chi connectivity index (χ1v) is 6.42. The van der Waals surface area contributed by atoms with Crippen molar-refractivity contribution < 1.29 is 24.4 Å². The molecule has 0 radical (unpaired) electrons. The Balaban J connectivity index is 3.62. The lowest BCUT2D eigenvalue weighted by atomic mass is 9.99. The van der Waals surface area contributed by atoms with Crippen LogP contribution in [0.1, 0.15) is 53.9 Å². The molecule has 0 saturated heterocycles. The van der Waals surface area contributed by atoms with Crippen LogP contribution < -0.4 is 0 Å². The maximum Gasteiger partial charge on any atom is 0.505 e. The SMILES string of the molecule is CC(CCCCOC(=O)O)C(C)OOC(C)(C)C. The lowest BCUT2D eigenvalue weighted by Crippen LogP contribution is -2.26. The number of unbranched alkanes of at least 4 members (excludes halogenated alkanes) is 1. The normalized spacial score (nSPS) is 15.2. The molecule has 108 valence electrons. The molecule has 1 N–H and O–H groups in total. The minimum atomic E-state index is -1.21. The molecule has 0 heterocycles. The summed E-state index contributed by atoms with van der Waals surface area (Å²) >= 11 is 0. The fourth-order valence-corrected chi connectivity index (χ4v) is 1.28. The molecule has 5 nitrogen and oxygen atoms in total. The lowest BCUT2D eigenvalue weighted by Gasteiger charge is -2.24. The Morgan fingerprint density at radius 2 is 1.83 bits per heavy atom. The van der Waals surface area contributed by atoms with Crippen LogP contribution in [-0.2, 0) is 14.5 Å². The van der Waals surface area contributed by atoms with Crippen molar-refractivity contribution in [2.45, 2.75) is 65.6 Å². The number of hydrogen-bond acceptors (Lipinski definition) is 4. The van der Waals surface area contributed by atoms with Crippen molar-refractivity contribution in [1.29, 1.82) is 0 Å². The van der Waals surface area contributed by atoms with Crippen molar-refractivity contribution in [3.05, 3.63) is 0 Å². The maximum atomic E-state index is 10.1. The zero-order valence-corrected chi connectivity index (χ0v) is 12.1. The molecule has 0 bridgehead atoms. The summed E-state index contributed by atoms with van der Waals surface area (Å²) in [5, 5.41) is 8.30. The number of carboxylic acid groups (broad SMARTS) is 1. The third kappa shape index (κ3) is 10.4. The zero-order valence-electron chi connectivity index (χ0n) is 12.1. The summed E-state index contributed by atoms with van der Waals surface area (Å²) in [4.78, 5) is 20.7. The standard InChI is InChI=1S/C13H26O5/c1-10(8-6-7-9-16-12(14)15)11(2)17-18-13(3,4)5/h10-11H,6-9H2,1-5H3,(H,14,15). The number of rotatable bonds is 8. The van der Waals surface area contributed by atoms with Crippen molar-refractivity contribution in [1.82, 2.24) is 0 Å². The molecular formula is C13H26O5. The molecule has 0 aliphatic carbocycles. The highest BCUT2D eigenvalue weighted by atomic mass is 17.2. The Labute approximate surface area is 109 Å². The fourth-order valence-electron chi connectivity index (χ4n) is 1.28. The van der Waals surface area contributed by atoms with Crippen LogP contribution in [-0.4, -0.2) is 29.6 Å². The molecule has 18 heavy (non-hydrogen) atoms. The van der Waals surface area contributed by atoms with Gasteiger partial charge in [0.05, 0.1) is 18.3 Å². The molecule has 0 aliphatic heterocycles. The first-order chi connectivity index (χ1) is 8.22. The highest BCUT2D eigenvalue weighted by Gasteiger charge is 2.18. The van der Waals surface area contributed by atoms with E-state index in [1.165, 1.54) is 0 Å². The van der Waals surface area contributed by atoms with Crippen LogP contribution in [0.2, 0.25) is 0 Å². The summed E-state index contributed by atoms with van der Waals surface area (Å²) in [5.74, 6) is 0.358. The van der Waals surface area contributed by atoms with Gasteiger partial charge >= 0.3 is 6.16 Å². The van der Waals surface area contributed by atoms with Crippen LogP contribution >= 0.6 is 0 Å². The van der Waals surface area contributed by atoms with Crippen LogP contribution in [0.15, 0.2) is 0 Å². The van der Waals surface area contributed by atoms with E-state index >= 15 is 0 Å². The van der Waals surface area contributed by atoms with Crippen molar-refractivity contribution in [2.24, 2.45) is 5.92 Å². The van der Waals surface area contributed by atoms with Crippen LogP contribution in [0, 0.1) is 5.92 Å². The van der Waals surface area contributed by atoms with Crippen molar-refractivity contribution in [2.75, 3.05) is 6.61 Å². The Bertz CT molecular complexity index is 234. The van der Waals surface area contributed by atoms with E-state index in [-0.39, 0.29) is 18.3 Å². The average molecular weight is 262 g/mol. The van der Waals surface area contributed by atoms with Gasteiger partial charge in [0.2, 0.25) is 0 Å². The molecule has 0 rings (SSSR count). The molecular weight excluding hydrogens is 236 g/mol. The quantitative estimate of drug-likeness (QED) is 0.313. The van der Waals surface area contributed by atoms with Crippen molar-refractivity contribution in [3.63, 3.8) is 0 Å². The topological polar surface area (TPSA) is 65.0 Å². The Kier molecular flexibility index (Phi) is 7.95. The highest BCUT2D eigenvalue weighted by molar-refractivity contribution is 5.56. The van der Waals surface area contributed by atoms with Gasteiger partial charge in [0, 0.05) is 0 Å². The summed E-state index contributed by atoms with van der Waals surface area (Å²) in [6.45, 7) is 10.1. The molecule has 0 aromatic rings. The van der Waals surface area contributed by atoms with Gasteiger partial charge in [-0.1, -0.05) is 6.92 Å². The third-order valence-electron chi connectivity index (χ3n) is 2.53. The number of carbonyl (C=O) groups is 1. The molecule has 0 saturated carbocycles. The fraction of sp³-hybridized carbons (Fsp3) is 0.923. The largest absolute Gasteiger partial charge is 0.505 e. The smallest absolute Gasteiger partial charge is 0.450 e. The van der Waals surface area contributed by atoms with Crippen LogP contribution in [0.4, 0.5) is 4.79 Å². The summed E-state index contributed by atoms with van der Waals surface area (Å²) < 4.78 is 4.44. The van der Waals surface area contributed by atoms with E-state index in [1.54, 1.807) is 0 Å². The van der Waals surface area contributed by atoms with Crippen LogP contribution in [0.25, 0.3) is 0 Å². The van der Waals surface area contributed by atoms with Gasteiger partial charge in [-0.25, -0.2) is 14.6 Å². The second-order valence-corrected chi connectivity index (χ2v) is 5.58. The Morgan fingerprint density at radius 3 is 2.33 bits per heavy atom. The highest BCUT2D eigenvalue weighted by Crippen LogP contribution is 2.18. The molecule has 0 aliphatic rings. The van der Waals surface area contributed by atoms with E-state index in [4.69, 9.17) is 14.9 Å². The molecule has 0 aromatic heterocycles. The second kappa shape index (κ2) is 8.32. The zero-order chi connectivity index (χ0) is 14.2. The van der Waals surface area contributed by atoms with E-state index in [2.05, 4.69) is 11.7 Å². The van der Waals surface area contributed by atoms with Crippen LogP contribution in [0.5, 0.6) is 0 Å². The first kappa shape index (κ1) is 17.2. The molecule has 2 atom stereocenters. The molecule has 0 spiro atoms. The number of hydrogen-bond donors (Lipinski definition) is 1. The predicted octanol–water partition coefficient (Wildman–Crippen LogP) is 3.62. The van der Waals surface area contributed by atoms with Gasteiger partial charge in [0.1, 0.15) is 0 Å². The third-order valence-corrected chi connectivity index (χ3v) is 2.53. The van der Waals surface area contributed by atoms with E-state index in [0.29, 0.717) is 5.92 Å². The minimum absolute atomic E-state index is 0.0182. The monoisotopic (exact) mass is 262 g/mol. The van der Waals surface area contributed by atoms with E-state index < -0.39 is 6.16 Å². The van der Waals surface area contributed by atoms with E-state index in [9.17, 15) is 4.79 Å². The minimum Gasteiger partial charge on any atom is -0.450 e. The first-order valence-electron chi connectivity index (χ1n) is 6.42. The van der Waals surface area contributed by atoms with Crippen molar-refractivity contribution >= 4 is 6.16 Å². The van der Waals surface area contributed by atoms with Gasteiger partial charge < -0.3 is 9.84 Å². The Morgan fingerprint density at radius 1 is 1.22 bits per heavy atom. The number of ether oxygens (including phenoxy) is 1.